The molecule has 3 nitrogen and oxygen atoms in total. The van der Waals surface area contributed by atoms with E-state index in [1.165, 1.54) is 0 Å². The van der Waals surface area contributed by atoms with Gasteiger partial charge in [0.15, 0.2) is 0 Å². The van der Waals surface area contributed by atoms with Crippen molar-refractivity contribution in [3.05, 3.63) is 0 Å². The van der Waals surface area contributed by atoms with E-state index in [-0.39, 0.29) is 11.3 Å². The highest BCUT2D eigenvalue weighted by atomic mass is 16.2. The number of carbonyl (C=O) groups is 1. The Morgan fingerprint density at radius 2 is 2.15 bits per heavy atom. The van der Waals surface area contributed by atoms with Gasteiger partial charge in [-0.1, -0.05) is 20.8 Å². The van der Waals surface area contributed by atoms with Crippen molar-refractivity contribution in [1.82, 2.24) is 4.90 Å². The summed E-state index contributed by atoms with van der Waals surface area (Å²) in [5.41, 5.74) is 5.67. The molecule has 0 aromatic carbocycles. The molecule has 1 aliphatic rings. The van der Waals surface area contributed by atoms with Gasteiger partial charge in [0.25, 0.3) is 0 Å². The molecule has 1 saturated heterocycles. The summed E-state index contributed by atoms with van der Waals surface area (Å²) in [6.45, 7) is 8.75. The number of nitrogens with zero attached hydrogens (tertiary/aromatic N) is 1. The number of nitrogens with two attached hydrogens (primary N) is 1. The van der Waals surface area contributed by atoms with Gasteiger partial charge in [0.2, 0.25) is 5.91 Å². The lowest BCUT2D eigenvalue weighted by Gasteiger charge is -2.26. The van der Waals surface area contributed by atoms with Crippen molar-refractivity contribution in [2.75, 3.05) is 19.6 Å². The van der Waals surface area contributed by atoms with E-state index in [4.69, 9.17) is 5.73 Å². The Morgan fingerprint density at radius 1 is 1.54 bits per heavy atom. The highest BCUT2D eigenvalue weighted by molar-refractivity contribution is 5.78. The lowest BCUT2D eigenvalue weighted by Crippen LogP contribution is -2.32. The first kappa shape index (κ1) is 10.5. The maximum Gasteiger partial charge on any atom is 0.222 e. The zero-order chi connectivity index (χ0) is 10.1. The number of carbonyl (C=O) groups excluding carboxylic acids is 1. The SMILES string of the molecule is CC(C)(C)C1CC(=O)N(CCN)C1. The second-order valence-corrected chi connectivity index (χ2v) is 4.90. The Labute approximate surface area is 80.3 Å². The molecule has 1 heterocycles. The van der Waals surface area contributed by atoms with E-state index in [1.807, 2.05) is 4.90 Å². The largest absolute Gasteiger partial charge is 0.341 e. The van der Waals surface area contributed by atoms with Crippen LogP contribution in [-0.2, 0) is 4.79 Å². The fourth-order valence-electron chi connectivity index (χ4n) is 1.72. The molecule has 1 rings (SSSR count). The molecule has 2 N–H and O–H groups in total. The third-order valence-corrected chi connectivity index (χ3v) is 2.84. The molecule has 0 aromatic heterocycles. The zero-order valence-electron chi connectivity index (χ0n) is 8.84. The van der Waals surface area contributed by atoms with Crippen LogP contribution in [0.5, 0.6) is 0 Å². The van der Waals surface area contributed by atoms with E-state index < -0.39 is 0 Å². The van der Waals surface area contributed by atoms with E-state index >= 15 is 0 Å². The van der Waals surface area contributed by atoms with Crippen molar-refractivity contribution >= 4 is 5.91 Å². The molecule has 1 atom stereocenters. The van der Waals surface area contributed by atoms with Gasteiger partial charge in [-0.25, -0.2) is 0 Å². The number of hydrogen-bond acceptors (Lipinski definition) is 2. The summed E-state index contributed by atoms with van der Waals surface area (Å²) >= 11 is 0. The highest BCUT2D eigenvalue weighted by Crippen LogP contribution is 2.33. The van der Waals surface area contributed by atoms with Crippen molar-refractivity contribution in [2.24, 2.45) is 17.1 Å². The van der Waals surface area contributed by atoms with Crippen molar-refractivity contribution in [3.8, 4) is 0 Å². The van der Waals surface area contributed by atoms with Crippen LogP contribution < -0.4 is 5.73 Å². The number of hydrogen-bond donors (Lipinski definition) is 1. The average molecular weight is 184 g/mol. The fraction of sp³-hybridized carbons (Fsp3) is 0.900. The molecule has 3 heteroatoms. The minimum absolute atomic E-state index is 0.235. The first-order chi connectivity index (χ1) is 5.95. The van der Waals surface area contributed by atoms with Crippen LogP contribution in [0, 0.1) is 11.3 Å². The third kappa shape index (κ3) is 2.44. The average Bonchev–Trinajstić information content (AvgIpc) is 2.32. The van der Waals surface area contributed by atoms with Gasteiger partial charge in [0.05, 0.1) is 0 Å². The van der Waals surface area contributed by atoms with Gasteiger partial charge in [-0.2, -0.15) is 0 Å². The fourth-order valence-corrected chi connectivity index (χ4v) is 1.72. The second-order valence-electron chi connectivity index (χ2n) is 4.90. The van der Waals surface area contributed by atoms with E-state index in [0.29, 0.717) is 25.4 Å². The molecular formula is C10H20N2O. The monoisotopic (exact) mass is 184 g/mol. The van der Waals surface area contributed by atoms with Crippen molar-refractivity contribution in [1.29, 1.82) is 0 Å². The van der Waals surface area contributed by atoms with E-state index in [1.54, 1.807) is 0 Å². The molecule has 1 unspecified atom stereocenters. The molecule has 0 aromatic rings. The Balaban J connectivity index is 2.55. The number of likely N-dealkylation sites (tertiary alicyclic amines) is 1. The second kappa shape index (κ2) is 3.66. The minimum Gasteiger partial charge on any atom is -0.341 e. The van der Waals surface area contributed by atoms with Gasteiger partial charge < -0.3 is 10.6 Å². The zero-order valence-corrected chi connectivity index (χ0v) is 8.84. The Kier molecular flexibility index (Phi) is 2.96. The summed E-state index contributed by atoms with van der Waals surface area (Å²) in [5.74, 6) is 0.761. The third-order valence-electron chi connectivity index (χ3n) is 2.84. The van der Waals surface area contributed by atoms with Crippen LogP contribution in [-0.4, -0.2) is 30.4 Å². The molecule has 76 valence electrons. The van der Waals surface area contributed by atoms with Gasteiger partial charge in [0, 0.05) is 26.1 Å². The van der Waals surface area contributed by atoms with E-state index in [0.717, 1.165) is 6.54 Å². The first-order valence-corrected chi connectivity index (χ1v) is 4.93. The number of rotatable bonds is 2. The quantitative estimate of drug-likeness (QED) is 0.691. The van der Waals surface area contributed by atoms with Crippen LogP contribution in [0.4, 0.5) is 0 Å². The van der Waals surface area contributed by atoms with Crippen LogP contribution in [0.1, 0.15) is 27.2 Å². The molecule has 0 radical (unpaired) electrons. The Bertz CT molecular complexity index is 196. The summed E-state index contributed by atoms with van der Waals surface area (Å²) in [5, 5.41) is 0. The maximum atomic E-state index is 11.5. The van der Waals surface area contributed by atoms with Crippen molar-refractivity contribution in [2.45, 2.75) is 27.2 Å². The summed E-state index contributed by atoms with van der Waals surface area (Å²) in [7, 11) is 0. The van der Waals surface area contributed by atoms with Crippen LogP contribution in [0.15, 0.2) is 0 Å². The first-order valence-electron chi connectivity index (χ1n) is 4.93. The summed E-state index contributed by atoms with van der Waals surface area (Å²) in [6.07, 6.45) is 0.698. The molecular weight excluding hydrogens is 164 g/mol. The molecule has 1 fully saturated rings. The number of amides is 1. The van der Waals surface area contributed by atoms with Crippen molar-refractivity contribution < 1.29 is 4.79 Å². The van der Waals surface area contributed by atoms with Crippen LogP contribution in [0.25, 0.3) is 0 Å². The summed E-state index contributed by atoms with van der Waals surface area (Å²) in [6, 6.07) is 0. The summed E-state index contributed by atoms with van der Waals surface area (Å²) < 4.78 is 0. The molecule has 1 aliphatic heterocycles. The van der Waals surface area contributed by atoms with Gasteiger partial charge in [-0.15, -0.1) is 0 Å². The molecule has 1 amide bonds. The van der Waals surface area contributed by atoms with Crippen LogP contribution in [0.2, 0.25) is 0 Å². The predicted octanol–water partition coefficient (Wildman–Crippen LogP) is 0.840. The normalized spacial score (nSPS) is 24.2. The van der Waals surface area contributed by atoms with Crippen LogP contribution >= 0.6 is 0 Å². The lowest BCUT2D eigenvalue weighted by molar-refractivity contribution is -0.127. The standard InChI is InChI=1S/C10H20N2O/c1-10(2,3)8-6-9(13)12(7-8)5-4-11/h8H,4-7,11H2,1-3H3. The molecule has 0 bridgehead atoms. The highest BCUT2D eigenvalue weighted by Gasteiger charge is 2.36. The van der Waals surface area contributed by atoms with E-state index in [2.05, 4.69) is 20.8 Å². The minimum atomic E-state index is 0.235. The smallest absolute Gasteiger partial charge is 0.222 e. The van der Waals surface area contributed by atoms with Crippen molar-refractivity contribution in [3.63, 3.8) is 0 Å². The molecule has 0 aliphatic carbocycles. The van der Waals surface area contributed by atoms with Gasteiger partial charge in [-0.3, -0.25) is 4.79 Å². The molecule has 13 heavy (non-hydrogen) atoms. The topological polar surface area (TPSA) is 46.3 Å². The van der Waals surface area contributed by atoms with E-state index in [9.17, 15) is 4.79 Å². The Hall–Kier alpha value is -0.570. The van der Waals surface area contributed by atoms with Gasteiger partial charge in [0.1, 0.15) is 0 Å². The maximum absolute atomic E-state index is 11.5. The molecule has 0 spiro atoms. The predicted molar refractivity (Wildman–Crippen MR) is 53.2 cm³/mol. The van der Waals surface area contributed by atoms with Gasteiger partial charge in [-0.05, 0) is 11.3 Å². The Morgan fingerprint density at radius 3 is 2.54 bits per heavy atom. The van der Waals surface area contributed by atoms with Gasteiger partial charge >= 0.3 is 0 Å². The molecule has 0 saturated carbocycles. The summed E-state index contributed by atoms with van der Waals surface area (Å²) in [4.78, 5) is 13.4. The lowest BCUT2D eigenvalue weighted by atomic mass is 9.80. The van der Waals surface area contributed by atoms with Crippen LogP contribution in [0.3, 0.4) is 0 Å².